The van der Waals surface area contributed by atoms with Crippen LogP contribution in [0.15, 0.2) is 53.4 Å². The second kappa shape index (κ2) is 7.62. The van der Waals surface area contributed by atoms with Crippen LogP contribution in [-0.4, -0.2) is 17.4 Å². The number of Topliss-reactive ketones (excluding diaryl/α,β-unsaturated/α-hetero) is 1. The van der Waals surface area contributed by atoms with Crippen molar-refractivity contribution in [3.63, 3.8) is 0 Å². The van der Waals surface area contributed by atoms with E-state index in [-0.39, 0.29) is 23.3 Å². The zero-order valence-electron chi connectivity index (χ0n) is 13.9. The average molecular weight is 345 g/mol. The second-order valence-electron chi connectivity index (χ2n) is 6.42. The van der Waals surface area contributed by atoms with Crippen LogP contribution in [0.5, 0.6) is 0 Å². The van der Waals surface area contributed by atoms with Gasteiger partial charge in [-0.05, 0) is 36.4 Å². The molecule has 0 saturated heterocycles. The first kappa shape index (κ1) is 18.2. The first-order valence-corrected chi connectivity index (χ1v) is 8.58. The van der Waals surface area contributed by atoms with Gasteiger partial charge in [0.15, 0.2) is 5.78 Å². The molecular weight excluding hydrogens is 325 g/mol. The van der Waals surface area contributed by atoms with Crippen LogP contribution < -0.4 is 5.32 Å². The molecule has 0 aromatic heterocycles. The number of nitrogens with one attached hydrogen (secondary N) is 1. The Labute approximate surface area is 145 Å². The molecule has 0 fully saturated rings. The zero-order chi connectivity index (χ0) is 17.7. The van der Waals surface area contributed by atoms with Gasteiger partial charge in [0.05, 0.1) is 5.75 Å². The van der Waals surface area contributed by atoms with Crippen molar-refractivity contribution in [3.05, 3.63) is 59.9 Å². The van der Waals surface area contributed by atoms with E-state index in [0.717, 1.165) is 0 Å². The molecule has 126 valence electrons. The summed E-state index contributed by atoms with van der Waals surface area (Å²) in [5, 5.41) is 2.81. The molecule has 0 aliphatic carbocycles. The Bertz CT molecular complexity index is 736. The standard InChI is InChI=1S/C19H20FNO2S/c1-19(2,3)18(23)21-14-10-8-13(9-11-14)16(22)12-24-17-7-5-4-6-15(17)20/h4-11H,12H2,1-3H3,(H,21,23). The predicted octanol–water partition coefficient (Wildman–Crippen LogP) is 4.79. The molecule has 1 amide bonds. The molecule has 0 atom stereocenters. The molecule has 24 heavy (non-hydrogen) atoms. The first-order valence-electron chi connectivity index (χ1n) is 7.59. The number of carbonyl (C=O) groups excluding carboxylic acids is 2. The number of hydrogen-bond acceptors (Lipinski definition) is 3. The van der Waals surface area contributed by atoms with Crippen molar-refractivity contribution in [3.8, 4) is 0 Å². The van der Waals surface area contributed by atoms with Gasteiger partial charge < -0.3 is 5.32 Å². The Morgan fingerprint density at radius 1 is 1.04 bits per heavy atom. The van der Waals surface area contributed by atoms with Crippen LogP contribution in [0.2, 0.25) is 0 Å². The summed E-state index contributed by atoms with van der Waals surface area (Å²) in [6, 6.07) is 13.1. The quantitative estimate of drug-likeness (QED) is 0.626. The van der Waals surface area contributed by atoms with E-state index in [4.69, 9.17) is 0 Å². The Kier molecular flexibility index (Phi) is 5.78. The van der Waals surface area contributed by atoms with Crippen LogP contribution in [0, 0.1) is 11.2 Å². The van der Waals surface area contributed by atoms with Crippen molar-refractivity contribution in [1.82, 2.24) is 0 Å². The van der Waals surface area contributed by atoms with Gasteiger partial charge in [0.25, 0.3) is 0 Å². The van der Waals surface area contributed by atoms with Crippen LogP contribution >= 0.6 is 11.8 Å². The number of amides is 1. The number of anilines is 1. The summed E-state index contributed by atoms with van der Waals surface area (Å²) in [6.45, 7) is 5.50. The van der Waals surface area contributed by atoms with E-state index in [1.54, 1.807) is 42.5 Å². The maximum absolute atomic E-state index is 13.5. The molecule has 0 unspecified atom stereocenters. The summed E-state index contributed by atoms with van der Waals surface area (Å²) >= 11 is 1.17. The predicted molar refractivity (Wildman–Crippen MR) is 96.0 cm³/mol. The average Bonchev–Trinajstić information content (AvgIpc) is 2.53. The fourth-order valence-electron chi connectivity index (χ4n) is 1.85. The van der Waals surface area contributed by atoms with Gasteiger partial charge in [0, 0.05) is 21.6 Å². The summed E-state index contributed by atoms with van der Waals surface area (Å²) in [4.78, 5) is 24.6. The lowest BCUT2D eigenvalue weighted by molar-refractivity contribution is -0.123. The van der Waals surface area contributed by atoms with Crippen molar-refractivity contribution in [2.45, 2.75) is 25.7 Å². The molecule has 2 aromatic carbocycles. The van der Waals surface area contributed by atoms with Gasteiger partial charge in [0.2, 0.25) is 5.91 Å². The second-order valence-corrected chi connectivity index (χ2v) is 7.44. The molecule has 3 nitrogen and oxygen atoms in total. The largest absolute Gasteiger partial charge is 0.326 e. The van der Waals surface area contributed by atoms with Gasteiger partial charge in [-0.3, -0.25) is 9.59 Å². The maximum atomic E-state index is 13.5. The van der Waals surface area contributed by atoms with Crippen LogP contribution in [0.4, 0.5) is 10.1 Å². The van der Waals surface area contributed by atoms with Crippen molar-refractivity contribution in [2.24, 2.45) is 5.41 Å². The molecule has 0 aliphatic heterocycles. The highest BCUT2D eigenvalue weighted by atomic mass is 32.2. The third-order valence-corrected chi connectivity index (χ3v) is 4.39. The summed E-state index contributed by atoms with van der Waals surface area (Å²) in [5.74, 6) is -0.335. The van der Waals surface area contributed by atoms with E-state index in [2.05, 4.69) is 5.32 Å². The molecule has 0 radical (unpaired) electrons. The van der Waals surface area contributed by atoms with Gasteiger partial charge in [0.1, 0.15) is 5.82 Å². The number of halogens is 1. The van der Waals surface area contributed by atoms with Gasteiger partial charge in [-0.15, -0.1) is 11.8 Å². The minimum Gasteiger partial charge on any atom is -0.326 e. The Hall–Kier alpha value is -2.14. The van der Waals surface area contributed by atoms with E-state index in [1.807, 2.05) is 20.8 Å². The minimum absolute atomic E-state index is 0.0862. The summed E-state index contributed by atoms with van der Waals surface area (Å²) in [5.41, 5.74) is 0.700. The molecular formula is C19H20FNO2S. The van der Waals surface area contributed by atoms with E-state index < -0.39 is 5.41 Å². The van der Waals surface area contributed by atoms with E-state index in [9.17, 15) is 14.0 Å². The maximum Gasteiger partial charge on any atom is 0.229 e. The van der Waals surface area contributed by atoms with Crippen LogP contribution in [-0.2, 0) is 4.79 Å². The normalized spacial score (nSPS) is 11.2. The third-order valence-electron chi connectivity index (χ3n) is 3.34. The topological polar surface area (TPSA) is 46.2 Å². The van der Waals surface area contributed by atoms with Gasteiger partial charge in [-0.25, -0.2) is 4.39 Å². The Morgan fingerprint density at radius 2 is 1.67 bits per heavy atom. The van der Waals surface area contributed by atoms with Gasteiger partial charge in [-0.1, -0.05) is 32.9 Å². The highest BCUT2D eigenvalue weighted by Gasteiger charge is 2.21. The van der Waals surface area contributed by atoms with Gasteiger partial charge >= 0.3 is 0 Å². The number of ketones is 1. The number of carbonyl (C=O) groups is 2. The monoisotopic (exact) mass is 345 g/mol. The lowest BCUT2D eigenvalue weighted by atomic mass is 9.95. The van der Waals surface area contributed by atoms with Gasteiger partial charge in [-0.2, -0.15) is 0 Å². The van der Waals surface area contributed by atoms with Crippen molar-refractivity contribution < 1.29 is 14.0 Å². The molecule has 0 saturated carbocycles. The smallest absolute Gasteiger partial charge is 0.229 e. The summed E-state index contributed by atoms with van der Waals surface area (Å²) in [6.07, 6.45) is 0. The lowest BCUT2D eigenvalue weighted by Crippen LogP contribution is -2.27. The van der Waals surface area contributed by atoms with Crippen LogP contribution in [0.3, 0.4) is 0 Å². The Balaban J connectivity index is 1.96. The fourth-order valence-corrected chi connectivity index (χ4v) is 2.68. The lowest BCUT2D eigenvalue weighted by Gasteiger charge is -2.17. The molecule has 1 N–H and O–H groups in total. The van der Waals surface area contributed by atoms with Crippen LogP contribution in [0.25, 0.3) is 0 Å². The molecule has 2 aromatic rings. The molecule has 0 aliphatic rings. The number of rotatable bonds is 5. The fraction of sp³-hybridized carbons (Fsp3) is 0.263. The highest BCUT2D eigenvalue weighted by Crippen LogP contribution is 2.23. The van der Waals surface area contributed by atoms with E-state index >= 15 is 0 Å². The third kappa shape index (κ3) is 4.93. The molecule has 2 rings (SSSR count). The van der Waals surface area contributed by atoms with Crippen molar-refractivity contribution in [1.29, 1.82) is 0 Å². The molecule has 0 heterocycles. The number of thioether (sulfide) groups is 1. The summed E-state index contributed by atoms with van der Waals surface area (Å²) < 4.78 is 13.5. The zero-order valence-corrected chi connectivity index (χ0v) is 14.7. The number of hydrogen-bond donors (Lipinski definition) is 1. The highest BCUT2D eigenvalue weighted by molar-refractivity contribution is 8.00. The summed E-state index contributed by atoms with van der Waals surface area (Å²) in [7, 11) is 0. The SMILES string of the molecule is CC(C)(C)C(=O)Nc1ccc(C(=O)CSc2ccccc2F)cc1. The van der Waals surface area contributed by atoms with Crippen molar-refractivity contribution in [2.75, 3.05) is 11.1 Å². The number of benzene rings is 2. The first-order chi connectivity index (χ1) is 11.3. The van der Waals surface area contributed by atoms with E-state index in [0.29, 0.717) is 16.1 Å². The molecule has 0 bridgehead atoms. The molecule has 5 heteroatoms. The Morgan fingerprint density at radius 3 is 2.25 bits per heavy atom. The minimum atomic E-state index is -0.481. The van der Waals surface area contributed by atoms with Crippen molar-refractivity contribution >= 4 is 29.1 Å². The van der Waals surface area contributed by atoms with E-state index in [1.165, 1.54) is 17.8 Å². The molecule has 0 spiro atoms. The van der Waals surface area contributed by atoms with Crippen LogP contribution in [0.1, 0.15) is 31.1 Å².